The third-order valence-corrected chi connectivity index (χ3v) is 3.84. The largest absolute Gasteiger partial charge is 0.495 e. The molecule has 2 N–H and O–H groups in total. The lowest BCUT2D eigenvalue weighted by Crippen LogP contribution is -2.54. The number of carbonyl (C=O) groups excluding carboxylic acids is 1. The number of amides is 1. The molecule has 4 nitrogen and oxygen atoms in total. The van der Waals surface area contributed by atoms with Crippen LogP contribution < -0.4 is 15.4 Å². The zero-order chi connectivity index (χ0) is 13.9. The molecule has 20 heavy (non-hydrogen) atoms. The van der Waals surface area contributed by atoms with Gasteiger partial charge in [0, 0.05) is 11.8 Å². The number of carbonyl (C=O) groups is 1. The van der Waals surface area contributed by atoms with Crippen molar-refractivity contribution in [3.63, 3.8) is 0 Å². The molecule has 1 unspecified atom stereocenters. The smallest absolute Gasteiger partial charge is 0.244 e. The van der Waals surface area contributed by atoms with Crippen LogP contribution in [0.5, 0.6) is 5.75 Å². The quantitative estimate of drug-likeness (QED) is 0.899. The van der Waals surface area contributed by atoms with E-state index in [2.05, 4.69) is 10.6 Å². The van der Waals surface area contributed by atoms with Gasteiger partial charge >= 0.3 is 0 Å². The maximum atomic E-state index is 12.3. The summed E-state index contributed by atoms with van der Waals surface area (Å²) >= 11 is 5.96. The highest BCUT2D eigenvalue weighted by Crippen LogP contribution is 2.28. The predicted octanol–water partition coefficient (Wildman–Crippen LogP) is 3.24. The predicted molar refractivity (Wildman–Crippen MR) is 84.1 cm³/mol. The van der Waals surface area contributed by atoms with Crippen molar-refractivity contribution in [1.82, 2.24) is 5.32 Å². The van der Waals surface area contributed by atoms with Gasteiger partial charge in [0.1, 0.15) is 5.75 Å². The topological polar surface area (TPSA) is 50.4 Å². The number of piperidine rings is 1. The first-order valence-corrected chi connectivity index (χ1v) is 6.83. The van der Waals surface area contributed by atoms with Crippen molar-refractivity contribution >= 4 is 35.6 Å². The molecule has 1 amide bonds. The fourth-order valence-corrected chi connectivity index (χ4v) is 2.45. The molecule has 1 aromatic rings. The molecule has 1 fully saturated rings. The third-order valence-electron chi connectivity index (χ3n) is 3.53. The summed E-state index contributed by atoms with van der Waals surface area (Å²) in [4.78, 5) is 12.3. The van der Waals surface area contributed by atoms with Crippen LogP contribution in [-0.2, 0) is 4.79 Å². The number of hydrogen-bond donors (Lipinski definition) is 2. The molecular weight excluding hydrogens is 299 g/mol. The second-order valence-electron chi connectivity index (χ2n) is 5.02. The normalized spacial score (nSPS) is 21.8. The summed E-state index contributed by atoms with van der Waals surface area (Å²) in [5, 5.41) is 6.73. The van der Waals surface area contributed by atoms with Crippen LogP contribution in [0.3, 0.4) is 0 Å². The summed E-state index contributed by atoms with van der Waals surface area (Å²) in [7, 11) is 1.55. The average molecular weight is 319 g/mol. The number of benzene rings is 1. The van der Waals surface area contributed by atoms with E-state index in [9.17, 15) is 4.79 Å². The van der Waals surface area contributed by atoms with Gasteiger partial charge in [-0.1, -0.05) is 11.6 Å². The van der Waals surface area contributed by atoms with Crippen LogP contribution in [0.4, 0.5) is 5.69 Å². The molecule has 6 heteroatoms. The van der Waals surface area contributed by atoms with E-state index in [-0.39, 0.29) is 18.3 Å². The summed E-state index contributed by atoms with van der Waals surface area (Å²) in [6.07, 6.45) is 3.04. The molecule has 0 aliphatic carbocycles. The second kappa shape index (κ2) is 7.16. The van der Waals surface area contributed by atoms with Gasteiger partial charge in [-0.25, -0.2) is 0 Å². The van der Waals surface area contributed by atoms with Crippen molar-refractivity contribution in [2.24, 2.45) is 0 Å². The van der Waals surface area contributed by atoms with Gasteiger partial charge in [0.05, 0.1) is 17.7 Å². The Hall–Kier alpha value is -0.970. The Balaban J connectivity index is 0.00000200. The Kier molecular flexibility index (Phi) is 6.11. The zero-order valence-corrected chi connectivity index (χ0v) is 13.2. The molecule has 1 atom stereocenters. The van der Waals surface area contributed by atoms with Gasteiger partial charge in [0.15, 0.2) is 0 Å². The SMILES string of the molecule is COc1cc(NC(=O)C2(C)CCCCN2)ccc1Cl.Cl. The maximum absolute atomic E-state index is 12.3. The fourth-order valence-electron chi connectivity index (χ4n) is 2.26. The van der Waals surface area contributed by atoms with E-state index in [1.165, 1.54) is 0 Å². The minimum Gasteiger partial charge on any atom is -0.495 e. The van der Waals surface area contributed by atoms with E-state index in [1.54, 1.807) is 25.3 Å². The standard InChI is InChI=1S/C14H19ClN2O2.ClH/c1-14(7-3-4-8-16-14)13(18)17-10-5-6-11(15)12(9-10)19-2;/h5-6,9,16H,3-4,7-8H2,1-2H3,(H,17,18);1H. The summed E-state index contributed by atoms with van der Waals surface area (Å²) in [6, 6.07) is 5.22. The first-order chi connectivity index (χ1) is 9.05. The first kappa shape index (κ1) is 17.1. The lowest BCUT2D eigenvalue weighted by Gasteiger charge is -2.33. The van der Waals surface area contributed by atoms with Gasteiger partial charge in [-0.05, 0) is 44.9 Å². The summed E-state index contributed by atoms with van der Waals surface area (Å²) < 4.78 is 5.14. The highest BCUT2D eigenvalue weighted by atomic mass is 35.5. The van der Waals surface area contributed by atoms with E-state index in [4.69, 9.17) is 16.3 Å². The van der Waals surface area contributed by atoms with Gasteiger partial charge < -0.3 is 15.4 Å². The van der Waals surface area contributed by atoms with Crippen LogP contribution in [0.1, 0.15) is 26.2 Å². The number of rotatable bonds is 3. The van der Waals surface area contributed by atoms with Crippen molar-refractivity contribution in [2.45, 2.75) is 31.7 Å². The molecule has 0 bridgehead atoms. The molecule has 1 saturated heterocycles. The monoisotopic (exact) mass is 318 g/mol. The molecule has 0 saturated carbocycles. The van der Waals surface area contributed by atoms with E-state index in [0.29, 0.717) is 16.5 Å². The van der Waals surface area contributed by atoms with Crippen LogP contribution in [0, 0.1) is 0 Å². The molecular formula is C14H20Cl2N2O2. The Morgan fingerprint density at radius 3 is 2.80 bits per heavy atom. The molecule has 2 rings (SSSR count). The van der Waals surface area contributed by atoms with Crippen molar-refractivity contribution in [2.75, 3.05) is 19.0 Å². The molecule has 0 spiro atoms. The Labute approximate surface area is 130 Å². The molecule has 1 aliphatic heterocycles. The van der Waals surface area contributed by atoms with Crippen molar-refractivity contribution in [3.05, 3.63) is 23.2 Å². The Bertz CT molecular complexity index is 474. The van der Waals surface area contributed by atoms with E-state index in [1.807, 2.05) is 6.92 Å². The van der Waals surface area contributed by atoms with Crippen LogP contribution >= 0.6 is 24.0 Å². The summed E-state index contributed by atoms with van der Waals surface area (Å²) in [5.74, 6) is 0.540. The molecule has 112 valence electrons. The minimum atomic E-state index is -0.495. The fraction of sp³-hybridized carbons (Fsp3) is 0.500. The van der Waals surface area contributed by atoms with E-state index < -0.39 is 5.54 Å². The number of halogens is 2. The number of nitrogens with one attached hydrogen (secondary N) is 2. The number of ether oxygens (including phenoxy) is 1. The van der Waals surface area contributed by atoms with Gasteiger partial charge in [-0.2, -0.15) is 0 Å². The van der Waals surface area contributed by atoms with E-state index >= 15 is 0 Å². The molecule has 0 aromatic heterocycles. The molecule has 1 aliphatic rings. The van der Waals surface area contributed by atoms with Crippen molar-refractivity contribution in [3.8, 4) is 5.75 Å². The molecule has 0 radical (unpaired) electrons. The highest BCUT2D eigenvalue weighted by Gasteiger charge is 2.34. The first-order valence-electron chi connectivity index (χ1n) is 6.45. The highest BCUT2D eigenvalue weighted by molar-refractivity contribution is 6.32. The van der Waals surface area contributed by atoms with Crippen LogP contribution in [-0.4, -0.2) is 25.1 Å². The number of anilines is 1. The second-order valence-corrected chi connectivity index (χ2v) is 5.43. The molecule has 1 aromatic carbocycles. The Morgan fingerprint density at radius 2 is 2.20 bits per heavy atom. The zero-order valence-electron chi connectivity index (χ0n) is 11.7. The van der Waals surface area contributed by atoms with Crippen LogP contribution in [0.25, 0.3) is 0 Å². The van der Waals surface area contributed by atoms with Crippen LogP contribution in [0.15, 0.2) is 18.2 Å². The lowest BCUT2D eigenvalue weighted by atomic mass is 9.90. The number of methoxy groups -OCH3 is 1. The molecule has 1 heterocycles. The van der Waals surface area contributed by atoms with Gasteiger partial charge in [0.25, 0.3) is 0 Å². The number of hydrogen-bond acceptors (Lipinski definition) is 3. The van der Waals surface area contributed by atoms with Crippen LogP contribution in [0.2, 0.25) is 5.02 Å². The van der Waals surface area contributed by atoms with Gasteiger partial charge in [-0.15, -0.1) is 12.4 Å². The van der Waals surface area contributed by atoms with Crippen molar-refractivity contribution < 1.29 is 9.53 Å². The third kappa shape index (κ3) is 3.78. The summed E-state index contributed by atoms with van der Waals surface area (Å²) in [6.45, 7) is 2.82. The summed E-state index contributed by atoms with van der Waals surface area (Å²) in [5.41, 5.74) is 0.199. The van der Waals surface area contributed by atoms with Gasteiger partial charge in [0.2, 0.25) is 5.91 Å². The Morgan fingerprint density at radius 1 is 1.45 bits per heavy atom. The lowest BCUT2D eigenvalue weighted by molar-refractivity contribution is -0.122. The minimum absolute atomic E-state index is 0. The van der Waals surface area contributed by atoms with E-state index in [0.717, 1.165) is 25.8 Å². The van der Waals surface area contributed by atoms with Crippen molar-refractivity contribution in [1.29, 1.82) is 0 Å². The van der Waals surface area contributed by atoms with Gasteiger partial charge in [-0.3, -0.25) is 4.79 Å². The maximum Gasteiger partial charge on any atom is 0.244 e. The average Bonchev–Trinajstić information content (AvgIpc) is 2.41.